The van der Waals surface area contributed by atoms with Crippen LogP contribution in [0.15, 0.2) is 76.5 Å². The summed E-state index contributed by atoms with van der Waals surface area (Å²) in [7, 11) is -12.2. The molecule has 3 aromatic carbocycles. The van der Waals surface area contributed by atoms with Crippen LogP contribution in [0.2, 0.25) is 5.02 Å². The van der Waals surface area contributed by atoms with E-state index in [9.17, 15) is 41.0 Å². The molecule has 5 rings (SSSR count). The number of benzene rings is 3. The number of carbonyl (C=O) groups excluding carboxylic acids is 1. The third-order valence-corrected chi connectivity index (χ3v) is 12.9. The number of carboxylic acids is 1. The normalized spacial score (nSPS) is 21.3. The molecule has 1 saturated heterocycles. The van der Waals surface area contributed by atoms with Crippen LogP contribution in [-0.4, -0.2) is 80.8 Å². The van der Waals surface area contributed by atoms with E-state index < -0.39 is 68.7 Å². The molecular formula is C31H36ClN4O10PS2. The van der Waals surface area contributed by atoms with Crippen molar-refractivity contribution >= 4 is 56.6 Å². The lowest BCUT2D eigenvalue weighted by atomic mass is 10.1. The summed E-state index contributed by atoms with van der Waals surface area (Å²) in [6.07, 6.45) is -0.146. The van der Waals surface area contributed by atoms with Crippen molar-refractivity contribution in [2.45, 2.75) is 60.2 Å². The first-order chi connectivity index (χ1) is 23.0. The number of likely N-dealkylation sites (tertiary alicyclic amines) is 1. The van der Waals surface area contributed by atoms with E-state index in [0.717, 1.165) is 23.0 Å². The molecule has 1 fully saturated rings. The highest BCUT2D eigenvalue weighted by Crippen LogP contribution is 2.42. The number of halogens is 1. The standard InChI is InChI=1S/C31H36ClN4O10PS2/c32-24-16-25-28(17-27(24)48(33,42)43)49(44,45)35-29(34-25)14-21-9-11-22(12-10-21)46-23-15-26(31(38)39)36(18-23)30(37)19-47(40,41)13-5-4-8-20-6-2-1-3-7-20/h1-3,6-7,9-12,16-17,23,26,29,34-35H,4-5,8,13-15,18-19H2,(H,38,39)(H,40,41)(H2,33,42,43)/t23?,26-,29?/m0/s1. The molecule has 0 radical (unpaired) electrons. The van der Waals surface area contributed by atoms with Gasteiger partial charge in [-0.3, -0.25) is 9.36 Å². The van der Waals surface area contributed by atoms with Crippen molar-refractivity contribution in [2.75, 3.05) is 24.2 Å². The topological polar surface area (TPSA) is 222 Å². The Hall–Kier alpha value is -3.50. The van der Waals surface area contributed by atoms with Crippen molar-refractivity contribution in [3.8, 4) is 5.75 Å². The van der Waals surface area contributed by atoms with Crippen LogP contribution in [-0.2, 0) is 47.0 Å². The lowest BCUT2D eigenvalue weighted by Gasteiger charge is -2.28. The minimum Gasteiger partial charge on any atom is -0.488 e. The van der Waals surface area contributed by atoms with E-state index in [1.807, 2.05) is 30.3 Å². The number of nitrogens with zero attached hydrogens (tertiary/aromatic N) is 1. The number of unbranched alkanes of at least 4 members (excludes halogenated alkanes) is 1. The Balaban J connectivity index is 1.16. The summed E-state index contributed by atoms with van der Waals surface area (Å²) in [6.45, 7) is -0.0749. The zero-order chi connectivity index (χ0) is 35.6. The molecule has 2 aliphatic rings. The lowest BCUT2D eigenvalue weighted by Crippen LogP contribution is -2.46. The molecule has 6 N–H and O–H groups in total. The Kier molecular flexibility index (Phi) is 11.1. The minimum atomic E-state index is -4.26. The van der Waals surface area contributed by atoms with E-state index in [2.05, 4.69) is 10.0 Å². The van der Waals surface area contributed by atoms with Crippen LogP contribution in [0.3, 0.4) is 0 Å². The molecule has 3 aromatic rings. The summed E-state index contributed by atoms with van der Waals surface area (Å²) in [4.78, 5) is 35.8. The first-order valence-electron chi connectivity index (χ1n) is 15.3. The van der Waals surface area contributed by atoms with Crippen LogP contribution >= 0.6 is 19.0 Å². The number of sulfonamides is 2. The lowest BCUT2D eigenvalue weighted by molar-refractivity contribution is -0.147. The van der Waals surface area contributed by atoms with Gasteiger partial charge in [-0.05, 0) is 54.7 Å². The highest BCUT2D eigenvalue weighted by molar-refractivity contribution is 7.90. The van der Waals surface area contributed by atoms with Crippen LogP contribution < -0.4 is 19.9 Å². The van der Waals surface area contributed by atoms with Crippen LogP contribution in [0, 0.1) is 0 Å². The summed E-state index contributed by atoms with van der Waals surface area (Å²) in [6, 6.07) is 17.2. The van der Waals surface area contributed by atoms with Crippen molar-refractivity contribution < 1.29 is 45.7 Å². The molecule has 0 bridgehead atoms. The maximum atomic E-state index is 13.0. The van der Waals surface area contributed by atoms with Crippen LogP contribution in [0.4, 0.5) is 5.69 Å². The number of aryl methyl sites for hydroxylation is 1. The molecule has 2 heterocycles. The third kappa shape index (κ3) is 9.39. The van der Waals surface area contributed by atoms with Gasteiger partial charge in [0.15, 0.2) is 0 Å². The number of hydrogen-bond donors (Lipinski definition) is 5. The number of nitrogens with two attached hydrogens (primary N) is 1. The average molecular weight is 755 g/mol. The van der Waals surface area contributed by atoms with E-state index in [1.165, 1.54) is 6.07 Å². The van der Waals surface area contributed by atoms with Gasteiger partial charge in [-0.25, -0.2) is 26.8 Å². The first kappa shape index (κ1) is 36.8. The summed E-state index contributed by atoms with van der Waals surface area (Å²) in [5.41, 5.74) is 1.91. The van der Waals surface area contributed by atoms with Crippen LogP contribution in [0.1, 0.15) is 30.4 Å². The van der Waals surface area contributed by atoms with E-state index in [-0.39, 0.29) is 41.2 Å². The maximum absolute atomic E-state index is 13.0. The number of aliphatic carboxylic acids is 1. The van der Waals surface area contributed by atoms with Gasteiger partial charge in [0, 0.05) is 19.0 Å². The number of nitrogens with one attached hydrogen (secondary N) is 2. The van der Waals surface area contributed by atoms with Crippen molar-refractivity contribution in [1.29, 1.82) is 0 Å². The van der Waals surface area contributed by atoms with Gasteiger partial charge in [0.1, 0.15) is 33.8 Å². The highest BCUT2D eigenvalue weighted by Gasteiger charge is 2.42. The Morgan fingerprint density at radius 3 is 2.41 bits per heavy atom. The van der Waals surface area contributed by atoms with E-state index in [1.54, 1.807) is 24.3 Å². The largest absolute Gasteiger partial charge is 0.488 e. The molecular weight excluding hydrogens is 719 g/mol. The smallest absolute Gasteiger partial charge is 0.326 e. The molecule has 49 heavy (non-hydrogen) atoms. The van der Waals surface area contributed by atoms with E-state index in [0.29, 0.717) is 24.2 Å². The summed E-state index contributed by atoms with van der Waals surface area (Å²) in [5.74, 6) is -1.58. The Labute approximate surface area is 289 Å². The van der Waals surface area contributed by atoms with E-state index in [4.69, 9.17) is 21.5 Å². The second-order valence-electron chi connectivity index (χ2n) is 12.0. The minimum absolute atomic E-state index is 0.0153. The molecule has 0 aromatic heterocycles. The zero-order valence-electron chi connectivity index (χ0n) is 26.1. The molecule has 1 amide bonds. The van der Waals surface area contributed by atoms with Gasteiger partial charge in [0.2, 0.25) is 33.3 Å². The molecule has 14 nitrogen and oxygen atoms in total. The second kappa shape index (κ2) is 14.8. The molecule has 3 unspecified atom stereocenters. The molecule has 264 valence electrons. The number of primary sulfonamides is 1. The predicted molar refractivity (Wildman–Crippen MR) is 182 cm³/mol. The fraction of sp³-hybridized carbons (Fsp3) is 0.355. The number of amides is 1. The van der Waals surface area contributed by atoms with Crippen LogP contribution in [0.25, 0.3) is 0 Å². The number of carboxylic acid groups (broad SMARTS) is 1. The molecule has 0 aliphatic carbocycles. The number of anilines is 1. The second-order valence-corrected chi connectivity index (χ2v) is 18.1. The molecule has 4 atom stereocenters. The highest BCUT2D eigenvalue weighted by atomic mass is 35.5. The fourth-order valence-corrected chi connectivity index (χ4v) is 9.87. The van der Waals surface area contributed by atoms with Crippen molar-refractivity contribution in [1.82, 2.24) is 9.62 Å². The van der Waals surface area contributed by atoms with E-state index >= 15 is 0 Å². The van der Waals surface area contributed by atoms with Gasteiger partial charge in [-0.15, -0.1) is 0 Å². The molecule has 0 spiro atoms. The maximum Gasteiger partial charge on any atom is 0.326 e. The number of carbonyl (C=O) groups is 2. The molecule has 18 heteroatoms. The summed E-state index contributed by atoms with van der Waals surface area (Å²) >= 11 is 6.05. The van der Waals surface area contributed by atoms with Gasteiger partial charge < -0.3 is 25.0 Å². The predicted octanol–water partition coefficient (Wildman–Crippen LogP) is 2.99. The SMILES string of the molecule is NS(=O)(=O)c1cc2c(cc1Cl)NC(Cc1ccc(OC3C[C@@H](C(=O)O)N(C(=O)CP(=O)(O)CCCCc4ccccc4)C3)cc1)NS2(=O)=O. The summed E-state index contributed by atoms with van der Waals surface area (Å²) in [5, 5.41) is 17.7. The van der Waals surface area contributed by atoms with Crippen molar-refractivity contribution in [2.24, 2.45) is 5.14 Å². The van der Waals surface area contributed by atoms with Crippen molar-refractivity contribution in [3.05, 3.63) is 82.9 Å². The number of fused-ring (bicyclic) bond motifs is 1. The summed E-state index contributed by atoms with van der Waals surface area (Å²) < 4.78 is 70.6. The zero-order valence-corrected chi connectivity index (χ0v) is 29.3. The quantitative estimate of drug-likeness (QED) is 0.126. The fourth-order valence-electron chi connectivity index (χ4n) is 5.89. The Morgan fingerprint density at radius 2 is 1.76 bits per heavy atom. The van der Waals surface area contributed by atoms with Gasteiger partial charge >= 0.3 is 5.97 Å². The Morgan fingerprint density at radius 1 is 1.06 bits per heavy atom. The number of hydrogen-bond acceptors (Lipinski definition) is 9. The van der Waals surface area contributed by atoms with Gasteiger partial charge in [0.05, 0.1) is 23.4 Å². The molecule has 0 saturated carbocycles. The van der Waals surface area contributed by atoms with Crippen molar-refractivity contribution in [3.63, 3.8) is 0 Å². The Bertz CT molecular complexity index is 1980. The molecule has 2 aliphatic heterocycles. The first-order valence-corrected chi connectivity index (χ1v) is 20.7. The monoisotopic (exact) mass is 754 g/mol. The van der Waals surface area contributed by atoms with Gasteiger partial charge in [0.25, 0.3) is 0 Å². The van der Waals surface area contributed by atoms with Gasteiger partial charge in [-0.1, -0.05) is 54.1 Å². The van der Waals surface area contributed by atoms with Crippen LogP contribution in [0.5, 0.6) is 5.75 Å². The third-order valence-electron chi connectivity index (χ3n) is 8.24. The van der Waals surface area contributed by atoms with Gasteiger partial charge in [-0.2, -0.15) is 4.72 Å². The number of ether oxygens (including phenoxy) is 1. The number of rotatable bonds is 13. The average Bonchev–Trinajstić information content (AvgIpc) is 3.44.